The molecule has 0 fully saturated rings. The normalized spacial score (nSPS) is 11.8. The van der Waals surface area contributed by atoms with Gasteiger partial charge in [0.1, 0.15) is 24.2 Å². The first-order valence-electron chi connectivity index (χ1n) is 6.00. The van der Waals surface area contributed by atoms with Crippen LogP contribution in [0.4, 0.5) is 0 Å². The predicted molar refractivity (Wildman–Crippen MR) is 72.0 cm³/mol. The fourth-order valence-corrected chi connectivity index (χ4v) is 1.73. The molecule has 0 saturated carbocycles. The van der Waals surface area contributed by atoms with Gasteiger partial charge in [-0.15, -0.1) is 0 Å². The van der Waals surface area contributed by atoms with Crippen LogP contribution in [0.1, 0.15) is 22.0 Å². The Balaban J connectivity index is 1.98. The van der Waals surface area contributed by atoms with E-state index in [0.717, 1.165) is 0 Å². The molecule has 3 N–H and O–H groups in total. The number of phenolic OH excluding ortho intramolecular Hbond substituents is 1. The van der Waals surface area contributed by atoms with Gasteiger partial charge in [0.2, 0.25) is 0 Å². The Morgan fingerprint density at radius 3 is 2.35 bits per heavy atom. The first-order chi connectivity index (χ1) is 9.58. The van der Waals surface area contributed by atoms with Crippen molar-refractivity contribution in [1.29, 1.82) is 0 Å². The molecule has 5 nitrogen and oxygen atoms in total. The van der Waals surface area contributed by atoms with E-state index in [-0.39, 0.29) is 17.9 Å². The fourth-order valence-electron chi connectivity index (χ4n) is 1.73. The highest BCUT2D eigenvalue weighted by molar-refractivity contribution is 5.87. The van der Waals surface area contributed by atoms with E-state index >= 15 is 0 Å². The van der Waals surface area contributed by atoms with E-state index in [1.165, 1.54) is 30.3 Å². The van der Waals surface area contributed by atoms with Crippen molar-refractivity contribution < 1.29 is 24.9 Å². The average molecular weight is 274 g/mol. The lowest BCUT2D eigenvalue weighted by Crippen LogP contribution is -2.10. The lowest BCUT2D eigenvalue weighted by molar-refractivity contribution is 0.0696. The van der Waals surface area contributed by atoms with E-state index < -0.39 is 12.1 Å². The number of carboxylic acid groups (broad SMARTS) is 1. The van der Waals surface area contributed by atoms with Crippen LogP contribution in [0.5, 0.6) is 11.5 Å². The lowest BCUT2D eigenvalue weighted by Gasteiger charge is -2.13. The Labute approximate surface area is 115 Å². The number of aliphatic hydroxyl groups excluding tert-OH is 1. The van der Waals surface area contributed by atoms with Crippen LogP contribution >= 0.6 is 0 Å². The van der Waals surface area contributed by atoms with Crippen LogP contribution in [0.2, 0.25) is 0 Å². The number of hydrogen-bond donors (Lipinski definition) is 3. The summed E-state index contributed by atoms with van der Waals surface area (Å²) in [6.45, 7) is -0.0377. The summed E-state index contributed by atoms with van der Waals surface area (Å²) in [5.41, 5.74) is 0.549. The number of carbonyl (C=O) groups is 1. The number of carboxylic acids is 1. The zero-order chi connectivity index (χ0) is 14.5. The van der Waals surface area contributed by atoms with E-state index in [1.807, 2.05) is 0 Å². The molecule has 20 heavy (non-hydrogen) atoms. The standard InChI is InChI=1S/C15H14O5/c16-13-4-2-1-3-12(13)14(17)9-20-11-7-5-10(6-8-11)15(18)19/h1-8,14,16-17H,9H2,(H,18,19). The summed E-state index contributed by atoms with van der Waals surface area (Å²) in [4.78, 5) is 10.7. The molecule has 0 heterocycles. The van der Waals surface area contributed by atoms with Gasteiger partial charge in [0.15, 0.2) is 0 Å². The molecule has 0 radical (unpaired) electrons. The van der Waals surface area contributed by atoms with Crippen molar-refractivity contribution in [3.05, 3.63) is 59.7 Å². The third-order valence-corrected chi connectivity index (χ3v) is 2.80. The molecule has 1 atom stereocenters. The number of aliphatic hydroxyl groups is 1. The Morgan fingerprint density at radius 1 is 1.10 bits per heavy atom. The zero-order valence-corrected chi connectivity index (χ0v) is 10.6. The topological polar surface area (TPSA) is 87.0 Å². The van der Waals surface area contributed by atoms with Crippen molar-refractivity contribution in [3.63, 3.8) is 0 Å². The van der Waals surface area contributed by atoms with Crippen LogP contribution in [-0.4, -0.2) is 27.9 Å². The third kappa shape index (κ3) is 3.27. The van der Waals surface area contributed by atoms with E-state index in [2.05, 4.69) is 0 Å². The van der Waals surface area contributed by atoms with E-state index in [0.29, 0.717) is 11.3 Å². The SMILES string of the molecule is O=C(O)c1ccc(OCC(O)c2ccccc2O)cc1. The Kier molecular flexibility index (Phi) is 4.22. The molecule has 104 valence electrons. The van der Waals surface area contributed by atoms with Crippen LogP contribution in [0.25, 0.3) is 0 Å². The minimum absolute atomic E-state index is 0.00447. The highest BCUT2D eigenvalue weighted by atomic mass is 16.5. The minimum Gasteiger partial charge on any atom is -0.508 e. The summed E-state index contributed by atoms with van der Waals surface area (Å²) in [6, 6.07) is 12.3. The van der Waals surface area contributed by atoms with Crippen molar-refractivity contribution in [2.24, 2.45) is 0 Å². The molecule has 0 aliphatic heterocycles. The Morgan fingerprint density at radius 2 is 1.75 bits per heavy atom. The average Bonchev–Trinajstić information content (AvgIpc) is 2.45. The quantitative estimate of drug-likeness (QED) is 0.778. The molecule has 0 saturated heterocycles. The summed E-state index contributed by atoms with van der Waals surface area (Å²) in [7, 11) is 0. The second kappa shape index (κ2) is 6.08. The molecule has 2 aromatic rings. The smallest absolute Gasteiger partial charge is 0.335 e. The van der Waals surface area contributed by atoms with Crippen molar-refractivity contribution in [2.45, 2.75) is 6.10 Å². The number of rotatable bonds is 5. The third-order valence-electron chi connectivity index (χ3n) is 2.80. The van der Waals surface area contributed by atoms with Crippen LogP contribution in [0.3, 0.4) is 0 Å². The second-order valence-electron chi connectivity index (χ2n) is 4.22. The van der Waals surface area contributed by atoms with Gasteiger partial charge in [-0.25, -0.2) is 4.79 Å². The van der Waals surface area contributed by atoms with Gasteiger partial charge in [-0.05, 0) is 30.3 Å². The van der Waals surface area contributed by atoms with Crippen molar-refractivity contribution in [3.8, 4) is 11.5 Å². The van der Waals surface area contributed by atoms with Crippen LogP contribution in [0.15, 0.2) is 48.5 Å². The highest BCUT2D eigenvalue weighted by Crippen LogP contribution is 2.24. The molecule has 0 bridgehead atoms. The molecule has 0 aliphatic rings. The minimum atomic E-state index is -1.01. The van der Waals surface area contributed by atoms with Crippen molar-refractivity contribution in [1.82, 2.24) is 0 Å². The highest BCUT2D eigenvalue weighted by Gasteiger charge is 2.12. The predicted octanol–water partition coefficient (Wildman–Crippen LogP) is 2.20. The molecule has 1 unspecified atom stereocenters. The number of phenols is 1. The van der Waals surface area contributed by atoms with Gasteiger partial charge >= 0.3 is 5.97 Å². The summed E-state index contributed by atoms with van der Waals surface area (Å²) in [6.07, 6.45) is -0.963. The van der Waals surface area contributed by atoms with Gasteiger partial charge < -0.3 is 20.1 Å². The largest absolute Gasteiger partial charge is 0.508 e. The van der Waals surface area contributed by atoms with Gasteiger partial charge in [-0.2, -0.15) is 0 Å². The summed E-state index contributed by atoms with van der Waals surface area (Å²) in [5.74, 6) is -0.555. The van der Waals surface area contributed by atoms with E-state index in [1.54, 1.807) is 18.2 Å². The summed E-state index contributed by atoms with van der Waals surface area (Å²) < 4.78 is 5.36. The van der Waals surface area contributed by atoms with Gasteiger partial charge in [0.25, 0.3) is 0 Å². The van der Waals surface area contributed by atoms with Crippen LogP contribution in [0, 0.1) is 0 Å². The Hall–Kier alpha value is -2.53. The molecule has 0 amide bonds. The molecule has 5 heteroatoms. The second-order valence-corrected chi connectivity index (χ2v) is 4.22. The first kappa shape index (κ1) is 13.9. The summed E-state index contributed by atoms with van der Waals surface area (Å²) >= 11 is 0. The maximum absolute atomic E-state index is 10.7. The molecule has 2 rings (SSSR count). The maximum atomic E-state index is 10.7. The van der Waals surface area contributed by atoms with Gasteiger partial charge in [-0.3, -0.25) is 0 Å². The summed E-state index contributed by atoms with van der Waals surface area (Å²) in [5, 5.41) is 28.3. The fraction of sp³-hybridized carbons (Fsp3) is 0.133. The molecule has 0 aromatic heterocycles. The van der Waals surface area contributed by atoms with Crippen LogP contribution < -0.4 is 4.74 Å². The molecular formula is C15H14O5. The number of ether oxygens (including phenoxy) is 1. The van der Waals surface area contributed by atoms with Crippen molar-refractivity contribution in [2.75, 3.05) is 6.61 Å². The van der Waals surface area contributed by atoms with Gasteiger partial charge in [0.05, 0.1) is 5.56 Å². The van der Waals surface area contributed by atoms with E-state index in [4.69, 9.17) is 9.84 Å². The first-order valence-corrected chi connectivity index (χ1v) is 6.00. The molecule has 2 aromatic carbocycles. The van der Waals surface area contributed by atoms with Crippen molar-refractivity contribution >= 4 is 5.97 Å². The number of aromatic carboxylic acids is 1. The van der Waals surface area contributed by atoms with Gasteiger partial charge in [0, 0.05) is 5.56 Å². The number of aromatic hydroxyl groups is 1. The molecule has 0 aliphatic carbocycles. The maximum Gasteiger partial charge on any atom is 0.335 e. The zero-order valence-electron chi connectivity index (χ0n) is 10.6. The number of hydrogen-bond acceptors (Lipinski definition) is 4. The van der Waals surface area contributed by atoms with Crippen LogP contribution in [-0.2, 0) is 0 Å². The monoisotopic (exact) mass is 274 g/mol. The van der Waals surface area contributed by atoms with E-state index in [9.17, 15) is 15.0 Å². The Bertz CT molecular complexity index is 591. The van der Waals surface area contributed by atoms with Gasteiger partial charge in [-0.1, -0.05) is 18.2 Å². The molecule has 0 spiro atoms. The lowest BCUT2D eigenvalue weighted by atomic mass is 10.1. The number of para-hydroxylation sites is 1. The number of benzene rings is 2. The molecular weight excluding hydrogens is 260 g/mol.